The second-order valence-electron chi connectivity index (χ2n) is 10.1. The first-order chi connectivity index (χ1) is 18.2. The Morgan fingerprint density at radius 2 is 0.973 bits per heavy atom. The fraction of sp³-hybridized carbons (Fsp3) is 0.212. The van der Waals surface area contributed by atoms with E-state index in [1.54, 1.807) is 0 Å². The van der Waals surface area contributed by atoms with E-state index in [9.17, 15) is 9.59 Å². The van der Waals surface area contributed by atoms with Crippen molar-refractivity contribution in [1.29, 1.82) is 0 Å². The van der Waals surface area contributed by atoms with Crippen molar-refractivity contribution < 1.29 is 9.59 Å². The number of carbonyl (C=O) groups is 2. The van der Waals surface area contributed by atoms with E-state index in [1.807, 2.05) is 18.2 Å². The van der Waals surface area contributed by atoms with Gasteiger partial charge in [0.25, 0.3) is 0 Å². The molecular weight excluding hydrogens is 473 g/mol. The molecule has 1 heterocycles. The van der Waals surface area contributed by atoms with E-state index < -0.39 is 7.26 Å². The van der Waals surface area contributed by atoms with Gasteiger partial charge in [-0.15, -0.1) is 0 Å². The highest BCUT2D eigenvalue weighted by atomic mass is 31.2. The Morgan fingerprint density at radius 1 is 0.568 bits per heavy atom. The molecule has 1 saturated carbocycles. The van der Waals surface area contributed by atoms with Crippen LogP contribution < -0.4 is 20.8 Å². The zero-order valence-corrected chi connectivity index (χ0v) is 21.8. The first-order valence-electron chi connectivity index (χ1n) is 13.2. The summed E-state index contributed by atoms with van der Waals surface area (Å²) in [5.41, 5.74) is 1.81. The number of fused-ring (bicyclic) bond motifs is 1. The molecule has 0 aromatic heterocycles. The van der Waals surface area contributed by atoms with Crippen LogP contribution in [0.25, 0.3) is 0 Å². The molecule has 2 fully saturated rings. The summed E-state index contributed by atoms with van der Waals surface area (Å²) in [5, 5.41) is 3.86. The third-order valence-electron chi connectivity index (χ3n) is 8.07. The fourth-order valence-corrected chi connectivity index (χ4v) is 10.6. The number of benzene rings is 4. The lowest BCUT2D eigenvalue weighted by atomic mass is 9.81. The van der Waals surface area contributed by atoms with Gasteiger partial charge in [-0.1, -0.05) is 85.6 Å². The number of nitrogens with zero attached hydrogens (tertiary/aromatic N) is 1. The first kappa shape index (κ1) is 23.8. The van der Waals surface area contributed by atoms with E-state index in [1.165, 1.54) is 20.8 Å². The van der Waals surface area contributed by atoms with Crippen molar-refractivity contribution in [2.45, 2.75) is 31.8 Å². The predicted octanol–water partition coefficient (Wildman–Crippen LogP) is 5.86. The standard InChI is InChI=1S/C33H31NO2P/c35-32-29-21-11-12-22-30(29)33(36)34(32)31-23-13-10-14-25(31)24-37(26-15-4-1-5-16-26,27-17-6-2-7-18-27)28-19-8-3-9-20-28/h1-10,13-20,23,29-30H,11-12,21-22,24H2/q+1/t29-,30+. The van der Waals surface area contributed by atoms with Crippen LogP contribution in [0.4, 0.5) is 5.69 Å². The highest BCUT2D eigenvalue weighted by Crippen LogP contribution is 2.59. The molecule has 6 rings (SSSR count). The molecule has 3 nitrogen and oxygen atoms in total. The van der Waals surface area contributed by atoms with Crippen LogP contribution in [0.2, 0.25) is 0 Å². The van der Waals surface area contributed by atoms with Crippen molar-refractivity contribution in [2.24, 2.45) is 11.8 Å². The highest BCUT2D eigenvalue weighted by molar-refractivity contribution is 7.95. The summed E-state index contributed by atoms with van der Waals surface area (Å²) in [7, 11) is -2.16. The number of para-hydroxylation sites is 1. The lowest BCUT2D eigenvalue weighted by Crippen LogP contribution is -2.34. The van der Waals surface area contributed by atoms with E-state index in [2.05, 4.69) is 97.1 Å². The molecule has 0 spiro atoms. The fourth-order valence-electron chi connectivity index (χ4n) is 6.29. The number of amides is 2. The van der Waals surface area contributed by atoms with E-state index in [4.69, 9.17) is 0 Å². The van der Waals surface area contributed by atoms with Gasteiger partial charge in [0, 0.05) is 5.56 Å². The van der Waals surface area contributed by atoms with Crippen LogP contribution in [-0.4, -0.2) is 11.8 Å². The largest absolute Gasteiger partial charge is 0.274 e. The Hall–Kier alpha value is -3.55. The molecule has 4 aromatic rings. The molecule has 184 valence electrons. The lowest BCUT2D eigenvalue weighted by molar-refractivity contribution is -0.122. The Morgan fingerprint density at radius 3 is 1.43 bits per heavy atom. The molecule has 2 aliphatic rings. The summed E-state index contributed by atoms with van der Waals surface area (Å²) in [6.07, 6.45) is 4.43. The molecule has 1 aliphatic heterocycles. The minimum absolute atomic E-state index is 0.00906. The molecule has 4 aromatic carbocycles. The molecule has 0 N–H and O–H groups in total. The van der Waals surface area contributed by atoms with Crippen LogP contribution in [0.5, 0.6) is 0 Å². The monoisotopic (exact) mass is 504 g/mol. The normalized spacial score (nSPS) is 19.6. The van der Waals surface area contributed by atoms with Crippen LogP contribution in [0.1, 0.15) is 31.2 Å². The maximum Gasteiger partial charge on any atom is 0.237 e. The molecular formula is C33H31NO2P+. The van der Waals surface area contributed by atoms with Gasteiger partial charge in [0.05, 0.1) is 17.5 Å². The van der Waals surface area contributed by atoms with E-state index in [0.29, 0.717) is 0 Å². The molecule has 0 unspecified atom stereocenters. The highest BCUT2D eigenvalue weighted by Gasteiger charge is 2.51. The Kier molecular flexibility index (Phi) is 6.49. The topological polar surface area (TPSA) is 37.4 Å². The Labute approximate surface area is 219 Å². The molecule has 2 amide bonds. The van der Waals surface area contributed by atoms with Gasteiger partial charge in [-0.3, -0.25) is 9.59 Å². The molecule has 1 saturated heterocycles. The summed E-state index contributed by atoms with van der Waals surface area (Å²) in [4.78, 5) is 28.7. The molecule has 0 bridgehead atoms. The first-order valence-corrected chi connectivity index (χ1v) is 15.2. The molecule has 0 radical (unpaired) electrons. The van der Waals surface area contributed by atoms with Gasteiger partial charge in [-0.2, -0.15) is 0 Å². The van der Waals surface area contributed by atoms with Crippen molar-refractivity contribution in [3.8, 4) is 0 Å². The van der Waals surface area contributed by atoms with Crippen LogP contribution in [0, 0.1) is 11.8 Å². The van der Waals surface area contributed by atoms with Crippen molar-refractivity contribution in [3.63, 3.8) is 0 Å². The Balaban J connectivity index is 1.54. The van der Waals surface area contributed by atoms with Gasteiger partial charge in [0.1, 0.15) is 29.3 Å². The second kappa shape index (κ2) is 10.1. The third-order valence-corrected chi connectivity index (χ3v) is 12.4. The predicted molar refractivity (Wildman–Crippen MR) is 153 cm³/mol. The number of hydrogen-bond donors (Lipinski definition) is 0. The van der Waals surface area contributed by atoms with Crippen molar-refractivity contribution >= 4 is 40.7 Å². The van der Waals surface area contributed by atoms with E-state index >= 15 is 0 Å². The van der Waals surface area contributed by atoms with Crippen LogP contribution in [-0.2, 0) is 15.8 Å². The Bertz CT molecular complexity index is 1280. The van der Waals surface area contributed by atoms with Crippen LogP contribution in [0.3, 0.4) is 0 Å². The van der Waals surface area contributed by atoms with Crippen LogP contribution in [0.15, 0.2) is 115 Å². The average molecular weight is 505 g/mol. The zero-order valence-electron chi connectivity index (χ0n) is 20.9. The summed E-state index contributed by atoms with van der Waals surface area (Å²) >= 11 is 0. The van der Waals surface area contributed by atoms with Crippen LogP contribution >= 0.6 is 7.26 Å². The minimum atomic E-state index is -2.16. The smallest absolute Gasteiger partial charge is 0.237 e. The lowest BCUT2D eigenvalue weighted by Gasteiger charge is -2.29. The third kappa shape index (κ3) is 4.12. The number of anilines is 1. The van der Waals surface area contributed by atoms with Crippen molar-refractivity contribution in [2.75, 3.05) is 4.90 Å². The average Bonchev–Trinajstić information content (AvgIpc) is 3.23. The van der Waals surface area contributed by atoms with Crippen molar-refractivity contribution in [1.82, 2.24) is 0 Å². The SMILES string of the molecule is O=C1[C@H]2CCCC[C@H]2C(=O)N1c1ccccc1C[P+](c1ccccc1)(c1ccccc1)c1ccccc1. The summed E-state index contributed by atoms with van der Waals surface area (Å²) in [6.45, 7) is 0. The summed E-state index contributed by atoms with van der Waals surface area (Å²) in [6, 6.07) is 40.3. The number of imide groups is 1. The van der Waals surface area contributed by atoms with Crippen molar-refractivity contribution in [3.05, 3.63) is 121 Å². The van der Waals surface area contributed by atoms with Gasteiger partial charge in [0.2, 0.25) is 11.8 Å². The quantitative estimate of drug-likeness (QED) is 0.244. The maximum atomic E-state index is 13.6. The minimum Gasteiger partial charge on any atom is -0.274 e. The summed E-state index contributed by atoms with van der Waals surface area (Å²) in [5.74, 6) is -0.340. The van der Waals surface area contributed by atoms with Gasteiger partial charge in [-0.05, 0) is 55.3 Å². The van der Waals surface area contributed by atoms with Gasteiger partial charge < -0.3 is 0 Å². The van der Waals surface area contributed by atoms with E-state index in [-0.39, 0.29) is 23.7 Å². The van der Waals surface area contributed by atoms with Gasteiger partial charge in [0.15, 0.2) is 0 Å². The van der Waals surface area contributed by atoms with Gasteiger partial charge >= 0.3 is 0 Å². The number of rotatable bonds is 6. The zero-order chi connectivity index (χ0) is 25.2. The molecule has 4 heteroatoms. The second-order valence-corrected chi connectivity index (χ2v) is 13.6. The summed E-state index contributed by atoms with van der Waals surface area (Å²) < 4.78 is 0. The number of carbonyl (C=O) groups excluding carboxylic acids is 2. The maximum absolute atomic E-state index is 13.6. The van der Waals surface area contributed by atoms with Gasteiger partial charge in [-0.25, -0.2) is 4.90 Å². The molecule has 1 aliphatic carbocycles. The van der Waals surface area contributed by atoms with E-state index in [0.717, 1.165) is 43.1 Å². The molecule has 2 atom stereocenters. The number of hydrogen-bond acceptors (Lipinski definition) is 2. The molecule has 37 heavy (non-hydrogen) atoms.